The van der Waals surface area contributed by atoms with Crippen LogP contribution in [-0.2, 0) is 22.7 Å². The summed E-state index contributed by atoms with van der Waals surface area (Å²) < 4.78 is 7.38. The van der Waals surface area contributed by atoms with Crippen LogP contribution in [0.4, 0.5) is 5.69 Å². The van der Waals surface area contributed by atoms with Gasteiger partial charge in [0.05, 0.1) is 17.6 Å². The smallest absolute Gasteiger partial charge is 0.312 e. The molecule has 0 unspecified atom stereocenters. The van der Waals surface area contributed by atoms with Crippen molar-refractivity contribution in [1.82, 2.24) is 19.6 Å². The van der Waals surface area contributed by atoms with Crippen molar-refractivity contribution in [3.63, 3.8) is 0 Å². The number of benzene rings is 3. The van der Waals surface area contributed by atoms with Crippen molar-refractivity contribution < 1.29 is 14.3 Å². The molecule has 2 heterocycles. The van der Waals surface area contributed by atoms with Gasteiger partial charge in [-0.2, -0.15) is 9.78 Å². The Morgan fingerprint density at radius 2 is 1.55 bits per heavy atom. The molecule has 0 bridgehead atoms. The zero-order chi connectivity index (χ0) is 31.4. The van der Waals surface area contributed by atoms with E-state index in [9.17, 15) is 14.4 Å². The monoisotopic (exact) mass is 613 g/mol. The van der Waals surface area contributed by atoms with E-state index in [0.29, 0.717) is 50.7 Å². The van der Waals surface area contributed by atoms with Gasteiger partial charge in [0.25, 0.3) is 5.56 Å². The van der Waals surface area contributed by atoms with Gasteiger partial charge in [0.2, 0.25) is 0 Å². The summed E-state index contributed by atoms with van der Waals surface area (Å²) in [6.07, 6.45) is 1.57. The quantitative estimate of drug-likeness (QED) is 0.281. The highest BCUT2D eigenvalue weighted by Crippen LogP contribution is 2.27. The number of aryl methyl sites for hydroxylation is 3. The zero-order valence-corrected chi connectivity index (χ0v) is 26.2. The maximum atomic E-state index is 13.1. The van der Waals surface area contributed by atoms with Crippen molar-refractivity contribution in [3.8, 4) is 11.4 Å². The minimum atomic E-state index is -0.571. The van der Waals surface area contributed by atoms with Crippen molar-refractivity contribution in [1.29, 1.82) is 0 Å². The number of aromatic nitrogens is 2. The van der Waals surface area contributed by atoms with E-state index in [-0.39, 0.29) is 5.02 Å². The van der Waals surface area contributed by atoms with Gasteiger partial charge in [-0.05, 0) is 55.2 Å². The number of rotatable bonds is 7. The number of piperazine rings is 1. The lowest BCUT2D eigenvalue weighted by Crippen LogP contribution is -2.53. The number of carbonyl (C=O) groups excluding carboxylic acids is 2. The van der Waals surface area contributed by atoms with Gasteiger partial charge in [-0.3, -0.25) is 14.4 Å². The van der Waals surface area contributed by atoms with Gasteiger partial charge in [0, 0.05) is 39.8 Å². The molecular weight excluding hydrogens is 578 g/mol. The third-order valence-electron chi connectivity index (χ3n) is 7.78. The molecule has 0 saturated carbocycles. The summed E-state index contributed by atoms with van der Waals surface area (Å²) in [6.45, 7) is 8.27. The molecule has 1 aliphatic heterocycles. The van der Waals surface area contributed by atoms with Crippen molar-refractivity contribution >= 4 is 29.1 Å². The van der Waals surface area contributed by atoms with E-state index in [1.807, 2.05) is 49.1 Å². The molecule has 0 spiro atoms. The standard InChI is InChI=1S/C34H36ClN5O4/c1-23-10-12-26(13-11-23)22-44-31-24(2)18-27(19-25(31)3)21-37(4)33(42)34(43)39-16-14-38(15-17-39)29-20-36-40(32(41)30(29)35)28-8-6-5-7-9-28/h5-13,18-20H,14-17,21-22H2,1-4H3. The Kier molecular flexibility index (Phi) is 9.35. The molecule has 9 nitrogen and oxygen atoms in total. The summed E-state index contributed by atoms with van der Waals surface area (Å²) >= 11 is 6.47. The number of halogens is 1. The Bertz CT molecular complexity index is 1690. The normalized spacial score (nSPS) is 13.1. The molecule has 3 aromatic carbocycles. The Morgan fingerprint density at radius 3 is 2.18 bits per heavy atom. The van der Waals surface area contributed by atoms with Crippen LogP contribution in [0.1, 0.15) is 27.8 Å². The molecule has 5 rings (SSSR count). The van der Waals surface area contributed by atoms with Crippen molar-refractivity contribution in [2.75, 3.05) is 38.1 Å². The number of ether oxygens (including phenoxy) is 1. The van der Waals surface area contributed by atoms with Crippen LogP contribution in [-0.4, -0.2) is 64.6 Å². The third-order valence-corrected chi connectivity index (χ3v) is 8.14. The predicted molar refractivity (Wildman–Crippen MR) is 172 cm³/mol. The third kappa shape index (κ3) is 6.78. The number of hydrogen-bond acceptors (Lipinski definition) is 6. The predicted octanol–water partition coefficient (Wildman–Crippen LogP) is 4.70. The van der Waals surface area contributed by atoms with Crippen LogP contribution in [0.15, 0.2) is 77.7 Å². The molecule has 1 aliphatic rings. The summed E-state index contributed by atoms with van der Waals surface area (Å²) in [5, 5.41) is 4.37. The summed E-state index contributed by atoms with van der Waals surface area (Å²) in [4.78, 5) is 44.0. The fourth-order valence-electron chi connectivity index (χ4n) is 5.39. The van der Waals surface area contributed by atoms with Crippen molar-refractivity contribution in [3.05, 3.63) is 116 Å². The molecule has 228 valence electrons. The molecule has 44 heavy (non-hydrogen) atoms. The largest absolute Gasteiger partial charge is 0.488 e. The number of amides is 2. The molecule has 0 aliphatic carbocycles. The molecular formula is C34H36ClN5O4. The molecule has 1 saturated heterocycles. The fraction of sp³-hybridized carbons (Fsp3) is 0.294. The molecule has 0 N–H and O–H groups in total. The SMILES string of the molecule is Cc1ccc(COc2c(C)cc(CN(C)C(=O)C(=O)N3CCN(c4cnn(-c5ccccc5)c(=O)c4Cl)CC3)cc2C)cc1. The lowest BCUT2D eigenvalue weighted by molar-refractivity contribution is -0.151. The van der Waals surface area contributed by atoms with Crippen LogP contribution >= 0.6 is 11.6 Å². The molecule has 0 atom stereocenters. The first-order valence-electron chi connectivity index (χ1n) is 14.5. The van der Waals surface area contributed by atoms with E-state index >= 15 is 0 Å². The maximum absolute atomic E-state index is 13.1. The van der Waals surface area contributed by atoms with Gasteiger partial charge in [-0.1, -0.05) is 71.8 Å². The Labute approximate surface area is 262 Å². The summed E-state index contributed by atoms with van der Waals surface area (Å²) in [5.74, 6) is -0.300. The lowest BCUT2D eigenvalue weighted by Gasteiger charge is -2.36. The molecule has 1 fully saturated rings. The van der Waals surface area contributed by atoms with Crippen LogP contribution < -0.4 is 15.2 Å². The lowest BCUT2D eigenvalue weighted by atomic mass is 10.0. The van der Waals surface area contributed by atoms with Gasteiger partial charge in [0.15, 0.2) is 0 Å². The van der Waals surface area contributed by atoms with Crippen molar-refractivity contribution in [2.45, 2.75) is 33.9 Å². The maximum Gasteiger partial charge on any atom is 0.312 e. The fourth-order valence-corrected chi connectivity index (χ4v) is 5.64. The second-order valence-electron chi connectivity index (χ2n) is 11.2. The van der Waals surface area contributed by atoms with Gasteiger partial charge in [-0.15, -0.1) is 0 Å². The summed E-state index contributed by atoms with van der Waals surface area (Å²) in [5.41, 5.74) is 5.88. The first-order chi connectivity index (χ1) is 21.1. The average molecular weight is 614 g/mol. The van der Waals surface area contributed by atoms with E-state index in [2.05, 4.69) is 36.3 Å². The molecule has 1 aromatic heterocycles. The topological polar surface area (TPSA) is 88.0 Å². The van der Waals surface area contributed by atoms with Crippen LogP contribution in [0.3, 0.4) is 0 Å². The minimum Gasteiger partial charge on any atom is -0.488 e. The van der Waals surface area contributed by atoms with E-state index in [4.69, 9.17) is 16.3 Å². The van der Waals surface area contributed by atoms with Gasteiger partial charge >= 0.3 is 11.8 Å². The Balaban J connectivity index is 1.17. The second-order valence-corrected chi connectivity index (χ2v) is 11.5. The highest BCUT2D eigenvalue weighted by atomic mass is 35.5. The van der Waals surface area contributed by atoms with E-state index in [1.165, 1.54) is 15.1 Å². The van der Waals surface area contributed by atoms with Crippen LogP contribution in [0.5, 0.6) is 5.75 Å². The highest BCUT2D eigenvalue weighted by Gasteiger charge is 2.29. The van der Waals surface area contributed by atoms with Crippen LogP contribution in [0, 0.1) is 20.8 Å². The molecule has 4 aromatic rings. The first kappa shape index (κ1) is 30.8. The van der Waals surface area contributed by atoms with Crippen LogP contribution in [0.25, 0.3) is 5.69 Å². The Morgan fingerprint density at radius 1 is 0.909 bits per heavy atom. The number of anilines is 1. The average Bonchev–Trinajstić information content (AvgIpc) is 3.02. The number of hydrogen-bond donors (Lipinski definition) is 0. The van der Waals surface area contributed by atoms with E-state index in [0.717, 1.165) is 28.0 Å². The highest BCUT2D eigenvalue weighted by molar-refractivity contribution is 6.35. The van der Waals surface area contributed by atoms with Crippen LogP contribution in [0.2, 0.25) is 5.02 Å². The number of para-hydroxylation sites is 1. The minimum absolute atomic E-state index is 0.0663. The molecule has 10 heteroatoms. The molecule has 2 amide bonds. The number of nitrogens with zero attached hydrogens (tertiary/aromatic N) is 5. The van der Waals surface area contributed by atoms with Gasteiger partial charge in [0.1, 0.15) is 17.4 Å². The van der Waals surface area contributed by atoms with Gasteiger partial charge < -0.3 is 19.4 Å². The Hall–Kier alpha value is -4.63. The van der Waals surface area contributed by atoms with E-state index in [1.54, 1.807) is 30.3 Å². The van der Waals surface area contributed by atoms with E-state index < -0.39 is 17.4 Å². The molecule has 0 radical (unpaired) electrons. The summed E-state index contributed by atoms with van der Waals surface area (Å²) in [7, 11) is 1.64. The second kappa shape index (κ2) is 13.3. The summed E-state index contributed by atoms with van der Waals surface area (Å²) in [6, 6.07) is 21.3. The first-order valence-corrected chi connectivity index (χ1v) is 14.9. The number of likely N-dealkylation sites (N-methyl/N-ethyl adjacent to an activating group) is 1. The number of carbonyl (C=O) groups is 2. The van der Waals surface area contributed by atoms with Gasteiger partial charge in [-0.25, -0.2) is 0 Å². The zero-order valence-electron chi connectivity index (χ0n) is 25.4. The van der Waals surface area contributed by atoms with Crippen molar-refractivity contribution in [2.24, 2.45) is 0 Å².